The Hall–Kier alpha value is -1.51. The summed E-state index contributed by atoms with van der Waals surface area (Å²) in [5.41, 5.74) is 2.61. The summed E-state index contributed by atoms with van der Waals surface area (Å²) in [7, 11) is 0. The lowest BCUT2D eigenvalue weighted by Crippen LogP contribution is -2.05. The quantitative estimate of drug-likeness (QED) is 0.480. The molecule has 1 N–H and O–H groups in total. The maximum atomic E-state index is 8.80. The summed E-state index contributed by atoms with van der Waals surface area (Å²) in [5, 5.41) is 12.0. The second-order valence-electron chi connectivity index (χ2n) is 4.44. The first-order chi connectivity index (χ1) is 7.70. The molecule has 86 valence electrons. The lowest BCUT2D eigenvalue weighted by atomic mass is 10.1. The standard InChI is InChI=1S/C13H17NO2/c1-9-3-6-12(10(2)14-15)13(7-9)16-8-11-4-5-11/h3,6-7,11,15H,4-5,8H2,1-2H3/b14-10-. The Balaban J connectivity index is 2.20. The Kier molecular flexibility index (Phi) is 3.13. The summed E-state index contributed by atoms with van der Waals surface area (Å²) >= 11 is 0. The number of nitrogens with zero attached hydrogens (tertiary/aromatic N) is 1. The number of ether oxygens (including phenoxy) is 1. The van der Waals surface area contributed by atoms with E-state index < -0.39 is 0 Å². The van der Waals surface area contributed by atoms with Crippen molar-refractivity contribution < 1.29 is 9.94 Å². The lowest BCUT2D eigenvalue weighted by Gasteiger charge is -2.11. The summed E-state index contributed by atoms with van der Waals surface area (Å²) in [6.45, 7) is 4.57. The molecule has 1 saturated carbocycles. The number of rotatable bonds is 4. The highest BCUT2D eigenvalue weighted by Gasteiger charge is 2.22. The van der Waals surface area contributed by atoms with E-state index >= 15 is 0 Å². The molecule has 0 amide bonds. The Labute approximate surface area is 95.7 Å². The minimum absolute atomic E-state index is 0.589. The first kappa shape index (κ1) is 11.0. The van der Waals surface area contributed by atoms with Crippen LogP contribution in [-0.4, -0.2) is 17.5 Å². The first-order valence-electron chi connectivity index (χ1n) is 5.63. The molecule has 1 fully saturated rings. The Morgan fingerprint density at radius 1 is 1.50 bits per heavy atom. The number of hydrogen-bond donors (Lipinski definition) is 1. The van der Waals surface area contributed by atoms with Crippen LogP contribution in [0, 0.1) is 12.8 Å². The highest BCUT2D eigenvalue weighted by atomic mass is 16.5. The van der Waals surface area contributed by atoms with Crippen LogP contribution >= 0.6 is 0 Å². The second-order valence-corrected chi connectivity index (χ2v) is 4.44. The topological polar surface area (TPSA) is 41.8 Å². The predicted octanol–water partition coefficient (Wildman–Crippen LogP) is 2.98. The van der Waals surface area contributed by atoms with Gasteiger partial charge < -0.3 is 9.94 Å². The van der Waals surface area contributed by atoms with Gasteiger partial charge in [0.2, 0.25) is 0 Å². The first-order valence-corrected chi connectivity index (χ1v) is 5.63. The minimum Gasteiger partial charge on any atom is -0.493 e. The van der Waals surface area contributed by atoms with Gasteiger partial charge in [-0.1, -0.05) is 11.2 Å². The SMILES string of the molecule is C/C(=N/O)c1ccc(C)cc1OCC1CC1. The van der Waals surface area contributed by atoms with Crippen LogP contribution in [0.2, 0.25) is 0 Å². The van der Waals surface area contributed by atoms with Crippen molar-refractivity contribution in [2.75, 3.05) is 6.61 Å². The average Bonchev–Trinajstić information content (AvgIpc) is 3.09. The monoisotopic (exact) mass is 219 g/mol. The Bertz CT molecular complexity index is 408. The molecule has 0 atom stereocenters. The number of oxime groups is 1. The van der Waals surface area contributed by atoms with Gasteiger partial charge in [-0.05, 0) is 50.3 Å². The Morgan fingerprint density at radius 2 is 2.25 bits per heavy atom. The van der Waals surface area contributed by atoms with Crippen molar-refractivity contribution in [1.29, 1.82) is 0 Å². The third-order valence-corrected chi connectivity index (χ3v) is 2.85. The summed E-state index contributed by atoms with van der Waals surface area (Å²) in [4.78, 5) is 0. The van der Waals surface area contributed by atoms with E-state index in [1.165, 1.54) is 12.8 Å². The van der Waals surface area contributed by atoms with Gasteiger partial charge in [-0.15, -0.1) is 0 Å². The molecule has 1 aliphatic carbocycles. The third-order valence-electron chi connectivity index (χ3n) is 2.85. The summed E-state index contributed by atoms with van der Waals surface area (Å²) in [6.07, 6.45) is 2.54. The van der Waals surface area contributed by atoms with Crippen molar-refractivity contribution in [2.45, 2.75) is 26.7 Å². The predicted molar refractivity (Wildman–Crippen MR) is 63.4 cm³/mol. The van der Waals surface area contributed by atoms with Crippen LogP contribution in [0.4, 0.5) is 0 Å². The molecule has 0 aliphatic heterocycles. The summed E-state index contributed by atoms with van der Waals surface area (Å²) < 4.78 is 5.77. The largest absolute Gasteiger partial charge is 0.493 e. The molecule has 16 heavy (non-hydrogen) atoms. The van der Waals surface area contributed by atoms with Crippen LogP contribution in [0.15, 0.2) is 23.4 Å². The molecular weight excluding hydrogens is 202 g/mol. The summed E-state index contributed by atoms with van der Waals surface area (Å²) in [5.74, 6) is 1.54. The number of aryl methyl sites for hydroxylation is 1. The highest BCUT2D eigenvalue weighted by molar-refractivity contribution is 6.00. The number of benzene rings is 1. The van der Waals surface area contributed by atoms with Gasteiger partial charge in [0.05, 0.1) is 12.3 Å². The van der Waals surface area contributed by atoms with Crippen molar-refractivity contribution in [1.82, 2.24) is 0 Å². The van der Waals surface area contributed by atoms with Crippen LogP contribution in [0.5, 0.6) is 5.75 Å². The molecule has 3 heteroatoms. The molecule has 0 aromatic heterocycles. The van der Waals surface area contributed by atoms with Gasteiger partial charge in [-0.3, -0.25) is 0 Å². The van der Waals surface area contributed by atoms with Crippen molar-refractivity contribution >= 4 is 5.71 Å². The molecule has 2 rings (SSSR count). The van der Waals surface area contributed by atoms with E-state index in [0.29, 0.717) is 5.71 Å². The zero-order chi connectivity index (χ0) is 11.5. The molecule has 0 unspecified atom stereocenters. The lowest BCUT2D eigenvalue weighted by molar-refractivity contribution is 0.297. The Morgan fingerprint density at radius 3 is 2.88 bits per heavy atom. The van der Waals surface area contributed by atoms with E-state index in [1.807, 2.05) is 25.1 Å². The third kappa shape index (κ3) is 2.54. The maximum absolute atomic E-state index is 8.80. The smallest absolute Gasteiger partial charge is 0.128 e. The molecule has 0 radical (unpaired) electrons. The fourth-order valence-electron chi connectivity index (χ4n) is 1.59. The van der Waals surface area contributed by atoms with Gasteiger partial charge in [0.15, 0.2) is 0 Å². The van der Waals surface area contributed by atoms with Crippen LogP contribution in [0.1, 0.15) is 30.9 Å². The van der Waals surface area contributed by atoms with E-state index in [2.05, 4.69) is 5.16 Å². The molecular formula is C13H17NO2. The van der Waals surface area contributed by atoms with Crippen molar-refractivity contribution in [3.63, 3.8) is 0 Å². The van der Waals surface area contributed by atoms with Crippen LogP contribution in [0.25, 0.3) is 0 Å². The van der Waals surface area contributed by atoms with Gasteiger partial charge in [0.25, 0.3) is 0 Å². The van der Waals surface area contributed by atoms with E-state index in [9.17, 15) is 0 Å². The fraction of sp³-hybridized carbons (Fsp3) is 0.462. The van der Waals surface area contributed by atoms with Gasteiger partial charge in [0.1, 0.15) is 5.75 Å². The van der Waals surface area contributed by atoms with Crippen molar-refractivity contribution in [3.05, 3.63) is 29.3 Å². The molecule has 1 aromatic carbocycles. The molecule has 0 saturated heterocycles. The molecule has 1 aliphatic rings. The zero-order valence-electron chi connectivity index (χ0n) is 9.73. The van der Waals surface area contributed by atoms with Crippen LogP contribution < -0.4 is 4.74 Å². The average molecular weight is 219 g/mol. The van der Waals surface area contributed by atoms with E-state index in [-0.39, 0.29) is 0 Å². The molecule has 0 heterocycles. The van der Waals surface area contributed by atoms with E-state index in [1.54, 1.807) is 6.92 Å². The zero-order valence-corrected chi connectivity index (χ0v) is 9.73. The second kappa shape index (κ2) is 4.56. The van der Waals surface area contributed by atoms with Gasteiger partial charge in [0, 0.05) is 5.56 Å². The maximum Gasteiger partial charge on any atom is 0.128 e. The van der Waals surface area contributed by atoms with Gasteiger partial charge >= 0.3 is 0 Å². The van der Waals surface area contributed by atoms with Gasteiger partial charge in [-0.2, -0.15) is 0 Å². The number of hydrogen-bond acceptors (Lipinski definition) is 3. The van der Waals surface area contributed by atoms with E-state index in [4.69, 9.17) is 9.94 Å². The highest BCUT2D eigenvalue weighted by Crippen LogP contribution is 2.30. The van der Waals surface area contributed by atoms with E-state index in [0.717, 1.165) is 29.4 Å². The van der Waals surface area contributed by atoms with Crippen molar-refractivity contribution in [2.24, 2.45) is 11.1 Å². The molecule has 0 bridgehead atoms. The molecule has 3 nitrogen and oxygen atoms in total. The molecule has 0 spiro atoms. The summed E-state index contributed by atoms with van der Waals surface area (Å²) in [6, 6.07) is 5.92. The fourth-order valence-corrected chi connectivity index (χ4v) is 1.59. The van der Waals surface area contributed by atoms with Crippen molar-refractivity contribution in [3.8, 4) is 5.75 Å². The molecule has 1 aromatic rings. The van der Waals surface area contributed by atoms with Crippen LogP contribution in [-0.2, 0) is 0 Å². The normalized spacial score (nSPS) is 16.2. The van der Waals surface area contributed by atoms with Crippen LogP contribution in [0.3, 0.4) is 0 Å². The van der Waals surface area contributed by atoms with Gasteiger partial charge in [-0.25, -0.2) is 0 Å². The minimum atomic E-state index is 0.589.